The van der Waals surface area contributed by atoms with Gasteiger partial charge in [-0.05, 0) is 48.5 Å². The summed E-state index contributed by atoms with van der Waals surface area (Å²) in [5.74, 6) is 0.550. The first-order chi connectivity index (χ1) is 15.7. The molecule has 33 heavy (non-hydrogen) atoms. The number of nitrogens with zero attached hydrogens (tertiary/aromatic N) is 2. The fourth-order valence-corrected chi connectivity index (χ4v) is 3.20. The summed E-state index contributed by atoms with van der Waals surface area (Å²) in [7, 11) is 1.30. The van der Waals surface area contributed by atoms with Crippen molar-refractivity contribution in [1.82, 2.24) is 15.0 Å². The lowest BCUT2D eigenvalue weighted by Crippen LogP contribution is -2.20. The van der Waals surface area contributed by atoms with Crippen LogP contribution < -0.4 is 20.7 Å². The van der Waals surface area contributed by atoms with E-state index in [0.717, 1.165) is 23.7 Å². The third-order valence-electron chi connectivity index (χ3n) is 4.54. The summed E-state index contributed by atoms with van der Waals surface area (Å²) in [4.78, 5) is 23.7. The lowest BCUT2D eigenvalue weighted by atomic mass is 10.2. The van der Waals surface area contributed by atoms with E-state index in [-0.39, 0.29) is 16.6 Å². The third kappa shape index (κ3) is 5.09. The van der Waals surface area contributed by atoms with E-state index in [0.29, 0.717) is 22.8 Å². The minimum atomic E-state index is -4.55. The summed E-state index contributed by atoms with van der Waals surface area (Å²) in [6, 6.07) is 10.4. The highest BCUT2D eigenvalue weighted by Crippen LogP contribution is 2.35. The number of urea groups is 1. The molecule has 0 aliphatic carbocycles. The maximum atomic E-state index is 13.0. The minimum absolute atomic E-state index is 0.0961. The molecule has 0 bridgehead atoms. The van der Waals surface area contributed by atoms with E-state index in [1.165, 1.54) is 7.11 Å². The smallest absolute Gasteiger partial charge is 0.416 e. The van der Waals surface area contributed by atoms with Crippen LogP contribution in [0.2, 0.25) is 5.15 Å². The minimum Gasteiger partial charge on any atom is -0.495 e. The Labute approximate surface area is 190 Å². The zero-order chi connectivity index (χ0) is 23.6. The highest BCUT2D eigenvalue weighted by atomic mass is 35.5. The maximum Gasteiger partial charge on any atom is 0.416 e. The summed E-state index contributed by atoms with van der Waals surface area (Å²) in [6.45, 7) is 0. The van der Waals surface area contributed by atoms with E-state index >= 15 is 0 Å². The number of fused-ring (bicyclic) bond motifs is 1. The molecule has 0 unspecified atom stereocenters. The van der Waals surface area contributed by atoms with E-state index in [2.05, 4.69) is 30.9 Å². The van der Waals surface area contributed by atoms with Crippen molar-refractivity contribution in [1.29, 1.82) is 0 Å². The highest BCUT2D eigenvalue weighted by molar-refractivity contribution is 6.33. The number of aromatic amines is 1. The summed E-state index contributed by atoms with van der Waals surface area (Å²) in [5, 5.41) is 8.28. The molecule has 4 rings (SSSR count). The fraction of sp³-hybridized carbons (Fsp3) is 0.0952. The fourth-order valence-electron chi connectivity index (χ4n) is 3.00. The summed E-state index contributed by atoms with van der Waals surface area (Å²) >= 11 is 6.02. The number of anilines is 4. The van der Waals surface area contributed by atoms with E-state index < -0.39 is 17.8 Å². The average Bonchev–Trinajstić information content (AvgIpc) is 3.18. The molecule has 170 valence electrons. The molecule has 0 fully saturated rings. The van der Waals surface area contributed by atoms with E-state index in [1.54, 1.807) is 36.5 Å². The molecule has 0 radical (unpaired) electrons. The van der Waals surface area contributed by atoms with Crippen molar-refractivity contribution in [2.75, 3.05) is 23.1 Å². The van der Waals surface area contributed by atoms with Gasteiger partial charge in [0.05, 0.1) is 23.9 Å². The third-order valence-corrected chi connectivity index (χ3v) is 4.81. The monoisotopic (exact) mass is 476 g/mol. The van der Waals surface area contributed by atoms with Gasteiger partial charge in [0.25, 0.3) is 0 Å². The number of H-pyrrole nitrogens is 1. The van der Waals surface area contributed by atoms with Crippen molar-refractivity contribution in [2.24, 2.45) is 0 Å². The Morgan fingerprint density at radius 1 is 1.06 bits per heavy atom. The van der Waals surface area contributed by atoms with Crippen LogP contribution in [-0.4, -0.2) is 28.1 Å². The van der Waals surface area contributed by atoms with Crippen molar-refractivity contribution in [3.8, 4) is 5.75 Å². The van der Waals surface area contributed by atoms with E-state index in [9.17, 15) is 18.0 Å². The first-order valence-electron chi connectivity index (χ1n) is 9.43. The van der Waals surface area contributed by atoms with Crippen LogP contribution in [-0.2, 0) is 6.18 Å². The number of nitrogens with one attached hydrogen (secondary N) is 4. The summed E-state index contributed by atoms with van der Waals surface area (Å²) < 4.78 is 43.9. The van der Waals surface area contributed by atoms with Crippen LogP contribution in [0.1, 0.15) is 5.56 Å². The Balaban J connectivity index is 1.42. The number of ether oxygens (including phenoxy) is 1. The molecule has 4 aromatic rings. The van der Waals surface area contributed by atoms with Gasteiger partial charge in [0.15, 0.2) is 5.15 Å². The molecule has 12 heteroatoms. The van der Waals surface area contributed by atoms with Gasteiger partial charge in [0.2, 0.25) is 5.95 Å². The molecule has 2 heterocycles. The Bertz CT molecular complexity index is 1310. The first kappa shape index (κ1) is 22.2. The van der Waals surface area contributed by atoms with Gasteiger partial charge in [-0.1, -0.05) is 11.6 Å². The molecule has 2 amide bonds. The standard InChI is InChI=1S/C21H16ClF3N6O2/c1-33-16-7-2-11(21(23,24)25)10-15(16)30-20(32)28-13-5-3-12(4-6-13)27-19-29-14-8-9-26-18(22)17(14)31-19/h2-10H,1H3,(H2,27,29,31)(H2,28,30,32). The predicted octanol–water partition coefficient (Wildman–Crippen LogP) is 6.03. The molecule has 0 spiro atoms. The molecule has 2 aromatic carbocycles. The number of benzene rings is 2. The zero-order valence-corrected chi connectivity index (χ0v) is 17.7. The van der Waals surface area contributed by atoms with Crippen LogP contribution in [0.4, 0.5) is 41.0 Å². The Hall–Kier alpha value is -3.99. The van der Waals surface area contributed by atoms with Gasteiger partial charge in [-0.3, -0.25) is 0 Å². The molecule has 2 aromatic heterocycles. The molecular formula is C21H16ClF3N6O2. The largest absolute Gasteiger partial charge is 0.495 e. The van der Waals surface area contributed by atoms with Crippen LogP contribution in [0.5, 0.6) is 5.75 Å². The van der Waals surface area contributed by atoms with E-state index in [4.69, 9.17) is 16.3 Å². The second-order valence-electron chi connectivity index (χ2n) is 6.78. The number of hydrogen-bond acceptors (Lipinski definition) is 5. The quantitative estimate of drug-likeness (QED) is 0.263. The van der Waals surface area contributed by atoms with E-state index in [1.807, 2.05) is 0 Å². The predicted molar refractivity (Wildman–Crippen MR) is 119 cm³/mol. The Morgan fingerprint density at radius 2 is 1.79 bits per heavy atom. The van der Waals surface area contributed by atoms with Crippen molar-refractivity contribution in [3.63, 3.8) is 0 Å². The molecule has 0 saturated carbocycles. The number of imidazole rings is 1. The average molecular weight is 477 g/mol. The number of carbonyl (C=O) groups excluding carboxylic acids is 1. The van der Waals surface area contributed by atoms with Gasteiger partial charge in [0.1, 0.15) is 11.3 Å². The van der Waals surface area contributed by atoms with Crippen LogP contribution in [0.3, 0.4) is 0 Å². The van der Waals surface area contributed by atoms with Crippen LogP contribution >= 0.6 is 11.6 Å². The van der Waals surface area contributed by atoms with Gasteiger partial charge in [-0.2, -0.15) is 13.2 Å². The SMILES string of the molecule is COc1ccc(C(F)(F)F)cc1NC(=O)Nc1ccc(Nc2nc3c(Cl)nccc3[nH]2)cc1. The van der Waals surface area contributed by atoms with Gasteiger partial charge in [-0.15, -0.1) is 0 Å². The normalized spacial score (nSPS) is 11.3. The Kier molecular flexibility index (Phi) is 5.97. The number of alkyl halides is 3. The first-order valence-corrected chi connectivity index (χ1v) is 9.81. The molecule has 8 nitrogen and oxygen atoms in total. The Morgan fingerprint density at radius 3 is 2.45 bits per heavy atom. The lowest BCUT2D eigenvalue weighted by molar-refractivity contribution is -0.137. The van der Waals surface area contributed by atoms with Crippen LogP contribution in [0.25, 0.3) is 11.0 Å². The topological polar surface area (TPSA) is 104 Å². The number of pyridine rings is 1. The van der Waals surface area contributed by atoms with Crippen molar-refractivity contribution in [3.05, 3.63) is 65.4 Å². The number of hydrogen-bond donors (Lipinski definition) is 4. The number of carbonyl (C=O) groups is 1. The number of amides is 2. The van der Waals surface area contributed by atoms with Gasteiger partial charge >= 0.3 is 12.2 Å². The van der Waals surface area contributed by atoms with Gasteiger partial charge < -0.3 is 25.7 Å². The number of aromatic nitrogens is 3. The van der Waals surface area contributed by atoms with Crippen LogP contribution in [0.15, 0.2) is 54.7 Å². The van der Waals surface area contributed by atoms with Crippen molar-refractivity contribution < 1.29 is 22.7 Å². The molecule has 0 aliphatic heterocycles. The second kappa shape index (κ2) is 8.87. The van der Waals surface area contributed by atoms with Crippen molar-refractivity contribution >= 4 is 51.7 Å². The van der Waals surface area contributed by atoms with Crippen molar-refractivity contribution in [2.45, 2.75) is 6.18 Å². The van der Waals surface area contributed by atoms with Gasteiger partial charge in [0, 0.05) is 17.6 Å². The number of halogens is 4. The molecule has 0 saturated heterocycles. The molecule has 0 aliphatic rings. The highest BCUT2D eigenvalue weighted by Gasteiger charge is 2.31. The van der Waals surface area contributed by atoms with Gasteiger partial charge in [-0.25, -0.2) is 14.8 Å². The molecule has 4 N–H and O–H groups in total. The zero-order valence-electron chi connectivity index (χ0n) is 16.9. The maximum absolute atomic E-state index is 13.0. The summed E-state index contributed by atoms with van der Waals surface area (Å²) in [5.41, 5.74) is 1.32. The molecular weight excluding hydrogens is 461 g/mol. The second-order valence-corrected chi connectivity index (χ2v) is 7.14. The lowest BCUT2D eigenvalue weighted by Gasteiger charge is -2.14. The number of rotatable bonds is 5. The summed E-state index contributed by atoms with van der Waals surface area (Å²) in [6.07, 6.45) is -2.99. The molecule has 0 atom stereocenters. The number of methoxy groups -OCH3 is 1. The van der Waals surface area contributed by atoms with Crippen LogP contribution in [0, 0.1) is 0 Å².